The first-order valence-corrected chi connectivity index (χ1v) is 9.10. The van der Waals surface area contributed by atoms with E-state index in [4.69, 9.17) is 4.74 Å². The van der Waals surface area contributed by atoms with Crippen LogP contribution in [0.4, 0.5) is 0 Å². The molecule has 1 heterocycles. The van der Waals surface area contributed by atoms with Gasteiger partial charge in [-0.25, -0.2) is 13.1 Å². The second-order valence-corrected chi connectivity index (χ2v) is 7.48. The molecule has 7 nitrogen and oxygen atoms in total. The van der Waals surface area contributed by atoms with Crippen LogP contribution in [-0.4, -0.2) is 59.0 Å². The highest BCUT2D eigenvalue weighted by Crippen LogP contribution is 2.10. The molecule has 0 saturated carbocycles. The fraction of sp³-hybridized carbons (Fsp3) is 0.923. The summed E-state index contributed by atoms with van der Waals surface area (Å²) in [6.07, 6.45) is 2.06. The first kappa shape index (κ1) is 18.3. The maximum absolute atomic E-state index is 11.6. The number of nitrogens with one attached hydrogen (secondary N) is 3. The van der Waals surface area contributed by atoms with Crippen LogP contribution in [0.15, 0.2) is 0 Å². The van der Waals surface area contributed by atoms with Crippen LogP contribution in [0.1, 0.15) is 26.7 Å². The molecular formula is C13H27N3O4S. The number of rotatable bonds is 10. The molecule has 0 aromatic carbocycles. The third kappa shape index (κ3) is 9.02. The smallest absolute Gasteiger partial charge is 0.235 e. The van der Waals surface area contributed by atoms with Gasteiger partial charge in [0.1, 0.15) is 0 Å². The Morgan fingerprint density at radius 2 is 2.19 bits per heavy atom. The molecule has 124 valence electrons. The van der Waals surface area contributed by atoms with Crippen LogP contribution < -0.4 is 15.4 Å². The Hall–Kier alpha value is -0.700. The highest BCUT2D eigenvalue weighted by molar-refractivity contribution is 7.89. The van der Waals surface area contributed by atoms with Crippen molar-refractivity contribution in [3.8, 4) is 0 Å². The highest BCUT2D eigenvalue weighted by atomic mass is 32.2. The van der Waals surface area contributed by atoms with Gasteiger partial charge in [0.05, 0.1) is 25.0 Å². The molecule has 8 heteroatoms. The molecular weight excluding hydrogens is 294 g/mol. The molecule has 3 N–H and O–H groups in total. The number of carbonyl (C=O) groups excluding carboxylic acids is 1. The van der Waals surface area contributed by atoms with Crippen LogP contribution in [0.25, 0.3) is 0 Å². The molecule has 0 bridgehead atoms. The summed E-state index contributed by atoms with van der Waals surface area (Å²) in [5, 5.41) is 6.00. The second kappa shape index (κ2) is 9.34. The molecule has 0 aromatic heterocycles. The van der Waals surface area contributed by atoms with Gasteiger partial charge in [-0.1, -0.05) is 0 Å². The van der Waals surface area contributed by atoms with Crippen LogP contribution in [0, 0.1) is 5.92 Å². The lowest BCUT2D eigenvalue weighted by atomic mass is 10.1. The molecule has 0 radical (unpaired) electrons. The zero-order chi connectivity index (χ0) is 15.7. The van der Waals surface area contributed by atoms with Gasteiger partial charge >= 0.3 is 0 Å². The van der Waals surface area contributed by atoms with Crippen molar-refractivity contribution in [1.29, 1.82) is 0 Å². The van der Waals surface area contributed by atoms with Crippen molar-refractivity contribution < 1.29 is 17.9 Å². The number of sulfonamides is 1. The minimum absolute atomic E-state index is 0.00595. The topological polar surface area (TPSA) is 96.5 Å². The molecule has 1 fully saturated rings. The largest absolute Gasteiger partial charge is 0.378 e. The number of hydrogen-bond donors (Lipinski definition) is 3. The van der Waals surface area contributed by atoms with Gasteiger partial charge in [0.2, 0.25) is 15.9 Å². The van der Waals surface area contributed by atoms with E-state index in [1.165, 1.54) is 0 Å². The maximum atomic E-state index is 11.6. The number of hydrogen-bond acceptors (Lipinski definition) is 5. The summed E-state index contributed by atoms with van der Waals surface area (Å²) in [6.45, 7) is 6.22. The molecule has 1 aliphatic heterocycles. The van der Waals surface area contributed by atoms with Gasteiger partial charge < -0.3 is 15.4 Å². The summed E-state index contributed by atoms with van der Waals surface area (Å²) < 4.78 is 30.7. The highest BCUT2D eigenvalue weighted by Gasteiger charge is 2.15. The zero-order valence-corrected chi connectivity index (χ0v) is 13.7. The van der Waals surface area contributed by atoms with E-state index in [0.29, 0.717) is 12.5 Å². The lowest BCUT2D eigenvalue weighted by Gasteiger charge is -2.11. The van der Waals surface area contributed by atoms with Crippen LogP contribution >= 0.6 is 0 Å². The Kier molecular flexibility index (Phi) is 8.16. The number of carbonyl (C=O) groups is 1. The minimum Gasteiger partial charge on any atom is -0.378 e. The molecule has 0 aromatic rings. The average Bonchev–Trinajstić information content (AvgIpc) is 2.89. The SMILES string of the molecule is CC(C)OCCS(=O)(=O)NCC(=O)NCCC1CCNC1. The molecule has 0 aliphatic carbocycles. The van der Waals surface area contributed by atoms with Crippen LogP contribution in [-0.2, 0) is 19.6 Å². The average molecular weight is 321 g/mol. The summed E-state index contributed by atoms with van der Waals surface area (Å²) in [5.74, 6) is 0.177. The first-order valence-electron chi connectivity index (χ1n) is 7.45. The molecule has 0 spiro atoms. The van der Waals surface area contributed by atoms with E-state index in [9.17, 15) is 13.2 Å². The normalized spacial score (nSPS) is 19.1. The van der Waals surface area contributed by atoms with Crippen molar-refractivity contribution in [3.05, 3.63) is 0 Å². The third-order valence-electron chi connectivity index (χ3n) is 3.29. The van der Waals surface area contributed by atoms with E-state index in [-0.39, 0.29) is 30.9 Å². The van der Waals surface area contributed by atoms with E-state index >= 15 is 0 Å². The molecule has 1 amide bonds. The Bertz CT molecular complexity index is 406. The van der Waals surface area contributed by atoms with E-state index in [1.54, 1.807) is 0 Å². The summed E-state index contributed by atoms with van der Waals surface area (Å²) in [4.78, 5) is 11.6. The van der Waals surface area contributed by atoms with Gasteiger partial charge in [0, 0.05) is 6.54 Å². The quantitative estimate of drug-likeness (QED) is 0.501. The lowest BCUT2D eigenvalue weighted by molar-refractivity contribution is -0.120. The number of amides is 1. The van der Waals surface area contributed by atoms with Crippen LogP contribution in [0.3, 0.4) is 0 Å². The molecule has 1 aliphatic rings. The Balaban J connectivity index is 2.10. The Morgan fingerprint density at radius 1 is 1.43 bits per heavy atom. The molecule has 1 atom stereocenters. The van der Waals surface area contributed by atoms with Crippen molar-refractivity contribution in [2.75, 3.05) is 38.5 Å². The third-order valence-corrected chi connectivity index (χ3v) is 4.58. The standard InChI is InChI=1S/C13H27N3O4S/c1-11(2)20-7-8-21(18,19)16-10-13(17)15-6-4-12-3-5-14-9-12/h11-12,14,16H,3-10H2,1-2H3,(H,15,17). The molecule has 1 saturated heterocycles. The van der Waals surface area contributed by atoms with Crippen molar-refractivity contribution in [1.82, 2.24) is 15.4 Å². The Morgan fingerprint density at radius 3 is 2.81 bits per heavy atom. The van der Waals surface area contributed by atoms with Gasteiger partial charge in [0.15, 0.2) is 0 Å². The Labute approximate surface area is 127 Å². The van der Waals surface area contributed by atoms with Gasteiger partial charge in [-0.05, 0) is 45.7 Å². The van der Waals surface area contributed by atoms with Crippen molar-refractivity contribution >= 4 is 15.9 Å². The number of ether oxygens (including phenoxy) is 1. The van der Waals surface area contributed by atoms with Gasteiger partial charge in [0.25, 0.3) is 0 Å². The van der Waals surface area contributed by atoms with Crippen molar-refractivity contribution in [2.24, 2.45) is 5.92 Å². The first-order chi connectivity index (χ1) is 9.89. The van der Waals surface area contributed by atoms with E-state index in [2.05, 4.69) is 15.4 Å². The fourth-order valence-electron chi connectivity index (χ4n) is 2.08. The molecule has 1 rings (SSSR count). The summed E-state index contributed by atoms with van der Waals surface area (Å²) in [5.41, 5.74) is 0. The van der Waals surface area contributed by atoms with Crippen LogP contribution in [0.2, 0.25) is 0 Å². The minimum atomic E-state index is -3.46. The second-order valence-electron chi connectivity index (χ2n) is 5.56. The van der Waals surface area contributed by atoms with Crippen molar-refractivity contribution in [2.45, 2.75) is 32.8 Å². The van der Waals surface area contributed by atoms with E-state index < -0.39 is 10.0 Å². The summed E-state index contributed by atoms with van der Waals surface area (Å²) >= 11 is 0. The van der Waals surface area contributed by atoms with Crippen molar-refractivity contribution in [3.63, 3.8) is 0 Å². The summed E-state index contributed by atoms with van der Waals surface area (Å²) in [7, 11) is -3.46. The predicted octanol–water partition coefficient (Wildman–Crippen LogP) is -0.553. The fourth-order valence-corrected chi connectivity index (χ4v) is 2.89. The van der Waals surface area contributed by atoms with Crippen LogP contribution in [0.5, 0.6) is 0 Å². The molecule has 21 heavy (non-hydrogen) atoms. The predicted molar refractivity (Wildman–Crippen MR) is 81.5 cm³/mol. The van der Waals surface area contributed by atoms with Gasteiger partial charge in [-0.2, -0.15) is 0 Å². The lowest BCUT2D eigenvalue weighted by Crippen LogP contribution is -2.39. The van der Waals surface area contributed by atoms with Gasteiger partial charge in [-0.15, -0.1) is 0 Å². The van der Waals surface area contributed by atoms with E-state index in [0.717, 1.165) is 25.9 Å². The summed E-state index contributed by atoms with van der Waals surface area (Å²) in [6, 6.07) is 0. The zero-order valence-electron chi connectivity index (χ0n) is 12.9. The maximum Gasteiger partial charge on any atom is 0.235 e. The molecule has 1 unspecified atom stereocenters. The van der Waals surface area contributed by atoms with Gasteiger partial charge in [-0.3, -0.25) is 4.79 Å². The monoisotopic (exact) mass is 321 g/mol. The van der Waals surface area contributed by atoms with E-state index in [1.807, 2.05) is 13.8 Å².